The fourth-order valence-electron chi connectivity index (χ4n) is 2.80. The van der Waals surface area contributed by atoms with Crippen LogP contribution in [0.5, 0.6) is 5.75 Å². The Hall–Kier alpha value is -1.14. The third-order valence-corrected chi connectivity index (χ3v) is 4.58. The van der Waals surface area contributed by atoms with E-state index >= 15 is 0 Å². The van der Waals surface area contributed by atoms with E-state index in [0.29, 0.717) is 12.4 Å². The van der Waals surface area contributed by atoms with Crippen molar-refractivity contribution < 1.29 is 13.2 Å². The van der Waals surface area contributed by atoms with Crippen molar-refractivity contribution in [3.63, 3.8) is 0 Å². The highest BCUT2D eigenvalue weighted by Crippen LogP contribution is 2.32. The van der Waals surface area contributed by atoms with E-state index in [1.807, 2.05) is 32.9 Å². The molecule has 0 aliphatic carbocycles. The highest BCUT2D eigenvalue weighted by molar-refractivity contribution is 7.89. The largest absolute Gasteiger partial charge is 0.491 e. The number of ether oxygens (including phenoxy) is 1. The van der Waals surface area contributed by atoms with E-state index in [1.54, 1.807) is 6.20 Å². The van der Waals surface area contributed by atoms with Gasteiger partial charge in [-0.25, -0.2) is 13.6 Å². The van der Waals surface area contributed by atoms with E-state index in [0.717, 1.165) is 31.4 Å². The highest BCUT2D eigenvalue weighted by atomic mass is 32.2. The van der Waals surface area contributed by atoms with Crippen LogP contribution in [0.2, 0.25) is 0 Å². The highest BCUT2D eigenvalue weighted by Gasteiger charge is 2.34. The second kappa shape index (κ2) is 7.75. The number of pyridine rings is 1. The number of primary sulfonamides is 1. The molecule has 0 bridgehead atoms. The van der Waals surface area contributed by atoms with E-state index in [1.165, 1.54) is 0 Å². The molecular weight excluding hydrogens is 288 g/mol. The molecule has 21 heavy (non-hydrogen) atoms. The summed E-state index contributed by atoms with van der Waals surface area (Å²) >= 11 is 0. The van der Waals surface area contributed by atoms with Crippen LogP contribution in [0.3, 0.4) is 0 Å². The quantitative estimate of drug-likeness (QED) is 0.759. The Labute approximate surface area is 128 Å². The number of hydrogen-bond donors (Lipinski definition) is 1. The van der Waals surface area contributed by atoms with Gasteiger partial charge in [0.25, 0.3) is 0 Å². The first-order valence-corrected chi connectivity index (χ1v) is 9.08. The summed E-state index contributed by atoms with van der Waals surface area (Å²) < 4.78 is 29.0. The molecule has 0 aliphatic rings. The SMILES string of the molecule is CCCC(CCC)(COc1cccnc1C)CS(N)(=O)=O. The second-order valence-electron chi connectivity index (χ2n) is 5.68. The molecule has 0 atom stereocenters. The zero-order valence-corrected chi connectivity index (χ0v) is 13.9. The van der Waals surface area contributed by atoms with Gasteiger partial charge in [-0.05, 0) is 31.9 Å². The van der Waals surface area contributed by atoms with E-state index < -0.39 is 15.4 Å². The predicted octanol–water partition coefficient (Wildman–Crippen LogP) is 2.64. The Morgan fingerprint density at radius 1 is 1.29 bits per heavy atom. The van der Waals surface area contributed by atoms with Gasteiger partial charge in [-0.2, -0.15) is 0 Å². The summed E-state index contributed by atoms with van der Waals surface area (Å²) in [5.74, 6) is 0.657. The number of nitrogens with two attached hydrogens (primary N) is 1. The first-order chi connectivity index (χ1) is 9.82. The summed E-state index contributed by atoms with van der Waals surface area (Å²) in [4.78, 5) is 4.18. The maximum atomic E-state index is 11.6. The molecule has 0 saturated carbocycles. The second-order valence-corrected chi connectivity index (χ2v) is 7.30. The minimum atomic E-state index is -3.54. The molecule has 5 nitrogen and oxygen atoms in total. The molecular formula is C15H26N2O3S. The van der Waals surface area contributed by atoms with Gasteiger partial charge in [-0.1, -0.05) is 26.7 Å². The number of hydrogen-bond acceptors (Lipinski definition) is 4. The smallest absolute Gasteiger partial charge is 0.209 e. The Morgan fingerprint density at radius 2 is 1.90 bits per heavy atom. The summed E-state index contributed by atoms with van der Waals surface area (Å²) in [5, 5.41) is 5.29. The average molecular weight is 314 g/mol. The van der Waals surface area contributed by atoms with Crippen molar-refractivity contribution in [3.05, 3.63) is 24.0 Å². The van der Waals surface area contributed by atoms with E-state index in [9.17, 15) is 8.42 Å². The molecule has 120 valence electrons. The molecule has 0 fully saturated rings. The third kappa shape index (κ3) is 6.01. The summed E-state index contributed by atoms with van der Waals surface area (Å²) in [5.41, 5.74) is 0.370. The van der Waals surface area contributed by atoms with Gasteiger partial charge in [0, 0.05) is 11.6 Å². The van der Waals surface area contributed by atoms with Gasteiger partial charge in [0.15, 0.2) is 0 Å². The molecule has 0 saturated heterocycles. The van der Waals surface area contributed by atoms with E-state index in [-0.39, 0.29) is 5.75 Å². The van der Waals surface area contributed by atoms with Crippen LogP contribution in [-0.4, -0.2) is 25.8 Å². The number of sulfonamides is 1. The minimum Gasteiger partial charge on any atom is -0.491 e. The van der Waals surface area contributed by atoms with Gasteiger partial charge in [-0.3, -0.25) is 4.98 Å². The summed E-state index contributed by atoms with van der Waals surface area (Å²) in [7, 11) is -3.54. The Kier molecular flexibility index (Phi) is 6.61. The van der Waals surface area contributed by atoms with Gasteiger partial charge >= 0.3 is 0 Å². The molecule has 0 aliphatic heterocycles. The molecule has 1 aromatic rings. The van der Waals surface area contributed by atoms with Crippen molar-refractivity contribution in [2.24, 2.45) is 10.6 Å². The molecule has 1 rings (SSSR count). The molecule has 1 heterocycles. The summed E-state index contributed by atoms with van der Waals surface area (Å²) in [6, 6.07) is 3.66. The fraction of sp³-hybridized carbons (Fsp3) is 0.667. The van der Waals surface area contributed by atoms with Gasteiger partial charge < -0.3 is 4.74 Å². The number of aromatic nitrogens is 1. The molecule has 0 aromatic carbocycles. The lowest BCUT2D eigenvalue weighted by atomic mass is 9.82. The summed E-state index contributed by atoms with van der Waals surface area (Å²) in [6.45, 7) is 6.31. The van der Waals surface area contributed by atoms with Crippen LogP contribution >= 0.6 is 0 Å². The van der Waals surface area contributed by atoms with Gasteiger partial charge in [0.05, 0.1) is 18.1 Å². The standard InChI is InChI=1S/C15H26N2O3S/c1-4-8-15(9-5-2,12-21(16,18)19)11-20-14-7-6-10-17-13(14)3/h6-7,10H,4-5,8-9,11-12H2,1-3H3,(H2,16,18,19). The Bertz CT molecular complexity index is 538. The number of nitrogens with zero attached hydrogens (tertiary/aromatic N) is 1. The molecule has 0 radical (unpaired) electrons. The van der Waals surface area contributed by atoms with Gasteiger partial charge in [-0.15, -0.1) is 0 Å². The van der Waals surface area contributed by atoms with Crippen LogP contribution in [0.15, 0.2) is 18.3 Å². The minimum absolute atomic E-state index is 0.0407. The zero-order chi connectivity index (χ0) is 15.9. The lowest BCUT2D eigenvalue weighted by molar-refractivity contribution is 0.140. The fourth-order valence-corrected chi connectivity index (χ4v) is 4.02. The van der Waals surface area contributed by atoms with Gasteiger partial charge in [0.2, 0.25) is 10.0 Å². The molecule has 6 heteroatoms. The number of rotatable bonds is 9. The molecule has 0 amide bonds. The first kappa shape index (κ1) is 17.9. The molecule has 0 unspecified atom stereocenters. The topological polar surface area (TPSA) is 82.3 Å². The lowest BCUT2D eigenvalue weighted by Crippen LogP contribution is -2.38. The average Bonchev–Trinajstić information content (AvgIpc) is 2.36. The van der Waals surface area contributed by atoms with Gasteiger partial charge in [0.1, 0.15) is 5.75 Å². The number of aryl methyl sites for hydroxylation is 1. The third-order valence-electron chi connectivity index (χ3n) is 3.56. The predicted molar refractivity (Wildman–Crippen MR) is 84.7 cm³/mol. The molecule has 2 N–H and O–H groups in total. The Balaban J connectivity index is 2.92. The van der Waals surface area contributed by atoms with Crippen LogP contribution in [0.1, 0.15) is 45.2 Å². The van der Waals surface area contributed by atoms with Crippen LogP contribution < -0.4 is 9.88 Å². The van der Waals surface area contributed by atoms with Crippen molar-refractivity contribution in [2.75, 3.05) is 12.4 Å². The van der Waals surface area contributed by atoms with Crippen LogP contribution in [0, 0.1) is 12.3 Å². The van der Waals surface area contributed by atoms with Crippen molar-refractivity contribution in [2.45, 2.75) is 46.5 Å². The monoisotopic (exact) mass is 314 g/mol. The van der Waals surface area contributed by atoms with Crippen LogP contribution in [0.4, 0.5) is 0 Å². The van der Waals surface area contributed by atoms with Crippen molar-refractivity contribution >= 4 is 10.0 Å². The van der Waals surface area contributed by atoms with Crippen LogP contribution in [0.25, 0.3) is 0 Å². The molecule has 0 spiro atoms. The molecule has 1 aromatic heterocycles. The van der Waals surface area contributed by atoms with Crippen LogP contribution in [-0.2, 0) is 10.0 Å². The van der Waals surface area contributed by atoms with E-state index in [4.69, 9.17) is 9.88 Å². The summed E-state index contributed by atoms with van der Waals surface area (Å²) in [6.07, 6.45) is 5.04. The lowest BCUT2D eigenvalue weighted by Gasteiger charge is -2.32. The maximum absolute atomic E-state index is 11.6. The maximum Gasteiger partial charge on any atom is 0.209 e. The van der Waals surface area contributed by atoms with Crippen molar-refractivity contribution in [1.82, 2.24) is 4.98 Å². The van der Waals surface area contributed by atoms with Crippen molar-refractivity contribution in [1.29, 1.82) is 0 Å². The first-order valence-electron chi connectivity index (χ1n) is 7.37. The zero-order valence-electron chi connectivity index (χ0n) is 13.1. The normalized spacial score (nSPS) is 12.4. The van der Waals surface area contributed by atoms with Crippen molar-refractivity contribution in [3.8, 4) is 5.75 Å². The van der Waals surface area contributed by atoms with E-state index in [2.05, 4.69) is 4.98 Å². The Morgan fingerprint density at radius 3 is 2.38 bits per heavy atom.